The molecule has 146 valence electrons. The molecule has 1 aromatic rings. The molecule has 1 aliphatic rings. The van der Waals surface area contributed by atoms with Crippen molar-refractivity contribution in [1.29, 1.82) is 0 Å². The van der Waals surface area contributed by atoms with Crippen molar-refractivity contribution in [2.45, 2.75) is 26.3 Å². The number of hydrogen-bond acceptors (Lipinski definition) is 6. The summed E-state index contributed by atoms with van der Waals surface area (Å²) in [6.07, 6.45) is 0. The van der Waals surface area contributed by atoms with Gasteiger partial charge in [-0.25, -0.2) is 0 Å². The van der Waals surface area contributed by atoms with E-state index in [9.17, 15) is 24.5 Å². The molecule has 0 unspecified atom stereocenters. The molecule has 10 nitrogen and oxygen atoms in total. The molecule has 1 aliphatic heterocycles. The third-order valence-corrected chi connectivity index (χ3v) is 3.71. The Bertz CT molecular complexity index is 786. The van der Waals surface area contributed by atoms with Crippen molar-refractivity contribution in [3.05, 3.63) is 28.3 Å². The summed E-state index contributed by atoms with van der Waals surface area (Å²) in [7, 11) is 1.45. The van der Waals surface area contributed by atoms with E-state index in [0.29, 0.717) is 0 Å². The molecule has 1 heterocycles. The summed E-state index contributed by atoms with van der Waals surface area (Å²) in [5.41, 5.74) is -0.497. The summed E-state index contributed by atoms with van der Waals surface area (Å²) >= 11 is 0. The number of nitro benzene ring substituents is 1. The number of rotatable bonds is 5. The van der Waals surface area contributed by atoms with E-state index in [1.54, 1.807) is 0 Å². The predicted octanol–water partition coefficient (Wildman–Crippen LogP) is 0.693. The minimum absolute atomic E-state index is 0.154. The van der Waals surface area contributed by atoms with Crippen molar-refractivity contribution in [1.82, 2.24) is 10.2 Å². The number of benzene rings is 1. The van der Waals surface area contributed by atoms with Gasteiger partial charge in [-0.15, -0.1) is 0 Å². The number of amides is 3. The molecule has 0 saturated heterocycles. The first-order valence-corrected chi connectivity index (χ1v) is 8.24. The van der Waals surface area contributed by atoms with Gasteiger partial charge >= 0.3 is 0 Å². The summed E-state index contributed by atoms with van der Waals surface area (Å²) in [6, 6.07) is 3.83. The topological polar surface area (TPSA) is 122 Å². The Hall–Kier alpha value is -3.17. The fourth-order valence-electron chi connectivity index (χ4n) is 2.49. The van der Waals surface area contributed by atoms with Crippen LogP contribution in [0.15, 0.2) is 18.2 Å². The second-order valence-electron chi connectivity index (χ2n) is 7.23. The molecule has 27 heavy (non-hydrogen) atoms. The zero-order valence-electron chi connectivity index (χ0n) is 15.6. The molecule has 10 heteroatoms. The number of non-ortho nitro benzene ring substituents is 1. The molecule has 0 aromatic heterocycles. The van der Waals surface area contributed by atoms with Crippen molar-refractivity contribution in [3.63, 3.8) is 0 Å². The molecule has 1 N–H and O–H groups in total. The van der Waals surface area contributed by atoms with Gasteiger partial charge in [0.15, 0.2) is 6.61 Å². The largest absolute Gasteiger partial charge is 0.482 e. The van der Waals surface area contributed by atoms with E-state index in [-0.39, 0.29) is 42.7 Å². The first-order valence-electron chi connectivity index (χ1n) is 8.24. The van der Waals surface area contributed by atoms with E-state index in [4.69, 9.17) is 4.74 Å². The number of hydrogen-bond donors (Lipinski definition) is 1. The van der Waals surface area contributed by atoms with Crippen LogP contribution in [0.3, 0.4) is 0 Å². The molecule has 2 rings (SSSR count). The van der Waals surface area contributed by atoms with E-state index >= 15 is 0 Å². The first kappa shape index (κ1) is 20.1. The maximum Gasteiger partial charge on any atom is 0.271 e. The normalized spacial score (nSPS) is 13.5. The van der Waals surface area contributed by atoms with Gasteiger partial charge in [-0.05, 0) is 26.8 Å². The number of likely N-dealkylation sites (N-methyl/N-ethyl adjacent to an activating group) is 1. The number of nitrogens with one attached hydrogen (secondary N) is 1. The lowest BCUT2D eigenvalue weighted by Gasteiger charge is -2.30. The molecule has 1 aromatic carbocycles. The quantitative estimate of drug-likeness (QED) is 0.594. The molecule has 0 spiro atoms. The molecule has 0 aliphatic carbocycles. The molecule has 0 atom stereocenters. The molecule has 0 radical (unpaired) electrons. The smallest absolute Gasteiger partial charge is 0.271 e. The SMILES string of the molecule is CN(CC(=O)NC(C)(C)C)C(=O)CN1C(=O)COc2ccc([N+](=O)[O-])cc21. The number of anilines is 1. The van der Waals surface area contributed by atoms with Crippen LogP contribution in [0, 0.1) is 10.1 Å². The van der Waals surface area contributed by atoms with Crippen LogP contribution in [-0.2, 0) is 14.4 Å². The molecule has 0 saturated carbocycles. The van der Waals surface area contributed by atoms with Gasteiger partial charge in [0.2, 0.25) is 11.8 Å². The Morgan fingerprint density at radius 2 is 2.04 bits per heavy atom. The molecule has 3 amide bonds. The van der Waals surface area contributed by atoms with Gasteiger partial charge in [0.1, 0.15) is 12.3 Å². The summed E-state index contributed by atoms with van der Waals surface area (Å²) in [6.45, 7) is 4.67. The number of nitro groups is 1. The van der Waals surface area contributed by atoms with Gasteiger partial charge < -0.3 is 15.0 Å². The third kappa shape index (κ3) is 5.16. The van der Waals surface area contributed by atoms with Crippen LogP contribution in [0.1, 0.15) is 20.8 Å². The highest BCUT2D eigenvalue weighted by molar-refractivity contribution is 6.02. The summed E-state index contributed by atoms with van der Waals surface area (Å²) < 4.78 is 5.26. The summed E-state index contributed by atoms with van der Waals surface area (Å²) in [5, 5.41) is 13.7. The zero-order chi connectivity index (χ0) is 20.4. The Balaban J connectivity index is 2.13. The second kappa shape index (κ2) is 7.60. The van der Waals surface area contributed by atoms with Crippen LogP contribution in [0.2, 0.25) is 0 Å². The molecule has 0 bridgehead atoms. The van der Waals surface area contributed by atoms with Crippen molar-refractivity contribution in [2.75, 3.05) is 31.6 Å². The van der Waals surface area contributed by atoms with Crippen LogP contribution in [0.25, 0.3) is 0 Å². The van der Waals surface area contributed by atoms with Crippen molar-refractivity contribution in [2.24, 2.45) is 0 Å². The van der Waals surface area contributed by atoms with Gasteiger partial charge in [0, 0.05) is 24.7 Å². The predicted molar refractivity (Wildman–Crippen MR) is 96.5 cm³/mol. The number of carbonyl (C=O) groups is 3. The van der Waals surface area contributed by atoms with Crippen LogP contribution >= 0.6 is 0 Å². The highest BCUT2D eigenvalue weighted by Crippen LogP contribution is 2.35. The minimum atomic E-state index is -0.595. The minimum Gasteiger partial charge on any atom is -0.482 e. The number of nitrogens with zero attached hydrogens (tertiary/aromatic N) is 3. The van der Waals surface area contributed by atoms with Gasteiger partial charge in [0.05, 0.1) is 17.2 Å². The van der Waals surface area contributed by atoms with Crippen LogP contribution in [0.5, 0.6) is 5.75 Å². The van der Waals surface area contributed by atoms with E-state index in [0.717, 1.165) is 4.90 Å². The Morgan fingerprint density at radius 3 is 2.63 bits per heavy atom. The Labute approximate surface area is 156 Å². The molecular formula is C17H22N4O6. The highest BCUT2D eigenvalue weighted by atomic mass is 16.6. The van der Waals surface area contributed by atoms with Gasteiger partial charge in [0.25, 0.3) is 11.6 Å². The monoisotopic (exact) mass is 378 g/mol. The van der Waals surface area contributed by atoms with Crippen molar-refractivity contribution < 1.29 is 24.0 Å². The molecule has 0 fully saturated rings. The zero-order valence-corrected chi connectivity index (χ0v) is 15.6. The maximum atomic E-state index is 12.5. The summed E-state index contributed by atoms with van der Waals surface area (Å²) in [5.74, 6) is -1.03. The van der Waals surface area contributed by atoms with Crippen LogP contribution in [-0.4, -0.2) is 59.8 Å². The average Bonchev–Trinajstić information content (AvgIpc) is 2.54. The Kier molecular flexibility index (Phi) is 5.67. The third-order valence-electron chi connectivity index (χ3n) is 3.71. The highest BCUT2D eigenvalue weighted by Gasteiger charge is 2.30. The lowest BCUT2D eigenvalue weighted by Crippen LogP contribution is -2.49. The van der Waals surface area contributed by atoms with E-state index in [1.165, 1.54) is 30.1 Å². The second-order valence-corrected chi connectivity index (χ2v) is 7.23. The number of fused-ring (bicyclic) bond motifs is 1. The van der Waals surface area contributed by atoms with E-state index in [1.807, 2.05) is 20.8 Å². The molecular weight excluding hydrogens is 356 g/mol. The van der Waals surface area contributed by atoms with E-state index in [2.05, 4.69) is 5.32 Å². The Morgan fingerprint density at radius 1 is 1.37 bits per heavy atom. The van der Waals surface area contributed by atoms with Gasteiger partial charge in [-0.1, -0.05) is 0 Å². The van der Waals surface area contributed by atoms with E-state index < -0.39 is 22.3 Å². The lowest BCUT2D eigenvalue weighted by molar-refractivity contribution is -0.384. The first-order chi connectivity index (χ1) is 12.5. The fourth-order valence-corrected chi connectivity index (χ4v) is 2.49. The standard InChI is InChI=1S/C17H22N4O6/c1-17(2,3)18-14(22)8-19(4)15(23)9-20-12-7-11(21(25)26)5-6-13(12)27-10-16(20)24/h5-7H,8-10H2,1-4H3,(H,18,22). The lowest BCUT2D eigenvalue weighted by atomic mass is 10.1. The number of carbonyl (C=O) groups excluding carboxylic acids is 3. The van der Waals surface area contributed by atoms with Crippen LogP contribution < -0.4 is 15.0 Å². The van der Waals surface area contributed by atoms with Crippen molar-refractivity contribution >= 4 is 29.1 Å². The van der Waals surface area contributed by atoms with Crippen LogP contribution in [0.4, 0.5) is 11.4 Å². The van der Waals surface area contributed by atoms with Crippen molar-refractivity contribution in [3.8, 4) is 5.75 Å². The number of ether oxygens (including phenoxy) is 1. The van der Waals surface area contributed by atoms with Gasteiger partial charge in [-0.2, -0.15) is 0 Å². The average molecular weight is 378 g/mol. The maximum absolute atomic E-state index is 12.5. The van der Waals surface area contributed by atoms with Gasteiger partial charge in [-0.3, -0.25) is 29.4 Å². The summed E-state index contributed by atoms with van der Waals surface area (Å²) in [4.78, 5) is 49.3. The fraction of sp³-hybridized carbons (Fsp3) is 0.471.